The van der Waals surface area contributed by atoms with E-state index in [0.717, 1.165) is 5.69 Å². The van der Waals surface area contributed by atoms with E-state index in [0.29, 0.717) is 18.1 Å². The number of hydrogen-bond donors (Lipinski definition) is 2. The Balaban J connectivity index is 1.59. The third-order valence-electron chi connectivity index (χ3n) is 3.17. The van der Waals surface area contributed by atoms with Crippen molar-refractivity contribution in [2.45, 2.75) is 6.54 Å². The van der Waals surface area contributed by atoms with Crippen LogP contribution in [-0.2, 0) is 6.54 Å². The van der Waals surface area contributed by atoms with Crippen molar-refractivity contribution in [1.29, 1.82) is 0 Å². The maximum atomic E-state index is 12.9. The Morgan fingerprint density at radius 1 is 1.00 bits per heavy atom. The average molecular weight is 323 g/mol. The highest BCUT2D eigenvalue weighted by Gasteiger charge is 2.08. The number of amides is 1. The first-order valence-electron chi connectivity index (χ1n) is 7.25. The summed E-state index contributed by atoms with van der Waals surface area (Å²) in [6.45, 7) is 0.316. The third kappa shape index (κ3) is 4.10. The van der Waals surface area contributed by atoms with Crippen molar-refractivity contribution >= 4 is 17.4 Å². The summed E-state index contributed by atoms with van der Waals surface area (Å²) in [6.07, 6.45) is 1.66. The number of carbonyl (C=O) groups is 1. The van der Waals surface area contributed by atoms with E-state index in [4.69, 9.17) is 0 Å². The van der Waals surface area contributed by atoms with Gasteiger partial charge >= 0.3 is 0 Å². The molecule has 2 aromatic heterocycles. The van der Waals surface area contributed by atoms with E-state index in [-0.39, 0.29) is 17.4 Å². The summed E-state index contributed by atoms with van der Waals surface area (Å²) in [5.41, 5.74) is 1.64. The molecule has 1 amide bonds. The first-order chi connectivity index (χ1) is 11.7. The highest BCUT2D eigenvalue weighted by molar-refractivity contribution is 5.92. The van der Waals surface area contributed by atoms with Crippen LogP contribution < -0.4 is 10.6 Å². The minimum absolute atomic E-state index is 0.204. The van der Waals surface area contributed by atoms with Crippen molar-refractivity contribution in [2.75, 3.05) is 5.32 Å². The molecular formula is C17H14FN5O. The molecule has 0 spiro atoms. The summed E-state index contributed by atoms with van der Waals surface area (Å²) in [6, 6.07) is 14.5. The minimum Gasteiger partial charge on any atom is -0.345 e. The molecule has 0 atom stereocenters. The Morgan fingerprint density at radius 2 is 1.83 bits per heavy atom. The molecule has 3 rings (SSSR count). The molecule has 0 fully saturated rings. The van der Waals surface area contributed by atoms with E-state index >= 15 is 0 Å². The van der Waals surface area contributed by atoms with Crippen molar-refractivity contribution < 1.29 is 9.18 Å². The van der Waals surface area contributed by atoms with E-state index in [1.54, 1.807) is 30.5 Å². The van der Waals surface area contributed by atoms with Crippen molar-refractivity contribution in [2.24, 2.45) is 0 Å². The molecule has 3 aromatic rings. The molecule has 0 radical (unpaired) electrons. The molecule has 0 aliphatic heterocycles. The van der Waals surface area contributed by atoms with E-state index in [2.05, 4.69) is 25.8 Å². The zero-order chi connectivity index (χ0) is 16.8. The zero-order valence-electron chi connectivity index (χ0n) is 12.6. The normalized spacial score (nSPS) is 10.2. The summed E-state index contributed by atoms with van der Waals surface area (Å²) in [5.74, 6) is -0.184. The van der Waals surface area contributed by atoms with Gasteiger partial charge < -0.3 is 10.6 Å². The van der Waals surface area contributed by atoms with E-state index in [1.807, 2.05) is 18.2 Å². The standard InChI is InChI=1S/C17H14FN5O/c18-12-4-6-13(7-5-12)21-16-9-8-15(22-23-16)17(24)20-11-14-3-1-2-10-19-14/h1-10H,11H2,(H,20,24)(H,21,23). The number of rotatable bonds is 5. The molecule has 0 bridgehead atoms. The SMILES string of the molecule is O=C(NCc1ccccn1)c1ccc(Nc2ccc(F)cc2)nn1. The van der Waals surface area contributed by atoms with Crippen LogP contribution in [0.25, 0.3) is 0 Å². The monoisotopic (exact) mass is 323 g/mol. The first kappa shape index (κ1) is 15.5. The van der Waals surface area contributed by atoms with Crippen LogP contribution in [0, 0.1) is 5.82 Å². The Morgan fingerprint density at radius 3 is 2.50 bits per heavy atom. The molecular weight excluding hydrogens is 309 g/mol. The predicted molar refractivity (Wildman–Crippen MR) is 87.1 cm³/mol. The molecule has 0 aliphatic rings. The largest absolute Gasteiger partial charge is 0.345 e. The molecule has 1 aromatic carbocycles. The molecule has 0 saturated heterocycles. The van der Waals surface area contributed by atoms with Crippen molar-refractivity contribution in [3.63, 3.8) is 0 Å². The van der Waals surface area contributed by atoms with Crippen LogP contribution in [0.2, 0.25) is 0 Å². The van der Waals surface area contributed by atoms with E-state index < -0.39 is 0 Å². The Bertz CT molecular complexity index is 807. The number of nitrogens with zero attached hydrogens (tertiary/aromatic N) is 3. The molecule has 2 heterocycles. The number of carbonyl (C=O) groups excluding carboxylic acids is 1. The topological polar surface area (TPSA) is 79.8 Å². The molecule has 0 unspecified atom stereocenters. The van der Waals surface area contributed by atoms with Gasteiger partial charge in [0.1, 0.15) is 5.82 Å². The number of pyridine rings is 1. The van der Waals surface area contributed by atoms with Crippen LogP contribution in [0.15, 0.2) is 60.8 Å². The van der Waals surface area contributed by atoms with Crippen LogP contribution >= 0.6 is 0 Å². The fourth-order valence-electron chi connectivity index (χ4n) is 1.97. The van der Waals surface area contributed by atoms with Gasteiger partial charge in [0.2, 0.25) is 0 Å². The highest BCUT2D eigenvalue weighted by atomic mass is 19.1. The van der Waals surface area contributed by atoms with Gasteiger partial charge in [-0.25, -0.2) is 4.39 Å². The fraction of sp³-hybridized carbons (Fsp3) is 0.0588. The van der Waals surface area contributed by atoms with Crippen LogP contribution in [0.3, 0.4) is 0 Å². The lowest BCUT2D eigenvalue weighted by Gasteiger charge is -2.06. The molecule has 0 aliphatic carbocycles. The van der Waals surface area contributed by atoms with Gasteiger partial charge in [-0.2, -0.15) is 0 Å². The minimum atomic E-state index is -0.332. The Hall–Kier alpha value is -3.35. The maximum Gasteiger partial charge on any atom is 0.272 e. The summed E-state index contributed by atoms with van der Waals surface area (Å²) in [4.78, 5) is 16.1. The van der Waals surface area contributed by atoms with Gasteiger partial charge in [0, 0.05) is 11.9 Å². The second kappa shape index (κ2) is 7.28. The molecule has 120 valence electrons. The van der Waals surface area contributed by atoms with Crippen LogP contribution in [0.1, 0.15) is 16.2 Å². The number of hydrogen-bond acceptors (Lipinski definition) is 5. The molecule has 24 heavy (non-hydrogen) atoms. The van der Waals surface area contributed by atoms with Crippen LogP contribution in [-0.4, -0.2) is 21.1 Å². The quantitative estimate of drug-likeness (QED) is 0.754. The summed E-state index contributed by atoms with van der Waals surface area (Å²) < 4.78 is 12.9. The van der Waals surface area contributed by atoms with Gasteiger partial charge in [-0.3, -0.25) is 9.78 Å². The number of anilines is 2. The zero-order valence-corrected chi connectivity index (χ0v) is 12.6. The molecule has 0 saturated carbocycles. The first-order valence-corrected chi connectivity index (χ1v) is 7.25. The lowest BCUT2D eigenvalue weighted by molar-refractivity contribution is 0.0944. The van der Waals surface area contributed by atoms with Gasteiger partial charge in [0.25, 0.3) is 5.91 Å². The van der Waals surface area contributed by atoms with Crippen LogP contribution in [0.4, 0.5) is 15.9 Å². The molecule has 2 N–H and O–H groups in total. The number of benzene rings is 1. The smallest absolute Gasteiger partial charge is 0.272 e. The number of nitrogens with one attached hydrogen (secondary N) is 2. The summed E-state index contributed by atoms with van der Waals surface area (Å²) >= 11 is 0. The van der Waals surface area contributed by atoms with Crippen molar-refractivity contribution in [3.8, 4) is 0 Å². The molecule has 7 heteroatoms. The Kier molecular flexibility index (Phi) is 4.71. The average Bonchev–Trinajstić information content (AvgIpc) is 2.63. The third-order valence-corrected chi connectivity index (χ3v) is 3.17. The van der Waals surface area contributed by atoms with E-state index in [1.165, 1.54) is 12.1 Å². The number of halogens is 1. The fourth-order valence-corrected chi connectivity index (χ4v) is 1.97. The van der Waals surface area contributed by atoms with Gasteiger partial charge in [-0.15, -0.1) is 10.2 Å². The second-order valence-electron chi connectivity index (χ2n) is 4.94. The molecule has 6 nitrogen and oxygen atoms in total. The summed E-state index contributed by atoms with van der Waals surface area (Å²) in [5, 5.41) is 13.5. The van der Waals surface area contributed by atoms with E-state index in [9.17, 15) is 9.18 Å². The highest BCUT2D eigenvalue weighted by Crippen LogP contribution is 2.14. The summed E-state index contributed by atoms with van der Waals surface area (Å²) in [7, 11) is 0. The maximum absolute atomic E-state index is 12.9. The van der Waals surface area contributed by atoms with Crippen LogP contribution in [0.5, 0.6) is 0 Å². The van der Waals surface area contributed by atoms with Gasteiger partial charge in [-0.05, 0) is 48.5 Å². The van der Waals surface area contributed by atoms with Gasteiger partial charge in [0.15, 0.2) is 11.5 Å². The van der Waals surface area contributed by atoms with Gasteiger partial charge in [-0.1, -0.05) is 6.07 Å². The lowest BCUT2D eigenvalue weighted by Crippen LogP contribution is -2.24. The Labute approximate surface area is 137 Å². The second-order valence-corrected chi connectivity index (χ2v) is 4.94. The van der Waals surface area contributed by atoms with Crippen molar-refractivity contribution in [1.82, 2.24) is 20.5 Å². The van der Waals surface area contributed by atoms with Gasteiger partial charge in [0.05, 0.1) is 12.2 Å². The predicted octanol–water partition coefficient (Wildman–Crippen LogP) is 2.68. The lowest BCUT2D eigenvalue weighted by atomic mass is 10.3. The van der Waals surface area contributed by atoms with Crippen molar-refractivity contribution in [3.05, 3.63) is 78.0 Å². The number of aromatic nitrogens is 3.